The number of aryl methyl sites for hydroxylation is 2. The smallest absolute Gasteiger partial charge is 0.247 e. The molecule has 2 unspecified atom stereocenters. The Morgan fingerprint density at radius 2 is 2.00 bits per heavy atom. The quantitative estimate of drug-likeness (QED) is 0.794. The minimum Gasteiger partial charge on any atom is -0.465 e. The van der Waals surface area contributed by atoms with Gasteiger partial charge < -0.3 is 9.15 Å². The lowest BCUT2D eigenvalue weighted by Gasteiger charge is -2.37. The molecule has 0 saturated carbocycles. The zero-order valence-corrected chi connectivity index (χ0v) is 14.4. The highest BCUT2D eigenvalue weighted by atomic mass is 35.5. The molecule has 7 heteroatoms. The van der Waals surface area contributed by atoms with Crippen LogP contribution in [0.1, 0.15) is 37.4 Å². The average Bonchev–Trinajstić information content (AvgIpc) is 2.73. The first-order valence-corrected chi connectivity index (χ1v) is 9.08. The van der Waals surface area contributed by atoms with E-state index in [9.17, 15) is 8.42 Å². The van der Waals surface area contributed by atoms with E-state index in [1.807, 2.05) is 13.8 Å². The van der Waals surface area contributed by atoms with Gasteiger partial charge in [0, 0.05) is 18.2 Å². The largest absolute Gasteiger partial charge is 0.465 e. The molecule has 0 aromatic carbocycles. The van der Waals surface area contributed by atoms with Gasteiger partial charge >= 0.3 is 0 Å². The molecule has 120 valence electrons. The third kappa shape index (κ3) is 2.99. The molecule has 1 saturated heterocycles. The molecule has 0 radical (unpaired) electrons. The van der Waals surface area contributed by atoms with Crippen LogP contribution in [0.25, 0.3) is 0 Å². The van der Waals surface area contributed by atoms with Gasteiger partial charge in [0.25, 0.3) is 0 Å². The van der Waals surface area contributed by atoms with Gasteiger partial charge in [-0.05, 0) is 27.2 Å². The van der Waals surface area contributed by atoms with Crippen LogP contribution in [0.2, 0.25) is 0 Å². The summed E-state index contributed by atoms with van der Waals surface area (Å²) in [4.78, 5) is 0.225. The molecule has 2 heterocycles. The molecule has 0 N–H and O–H groups in total. The summed E-state index contributed by atoms with van der Waals surface area (Å²) in [5.41, 5.74) is 0.558. The normalized spacial score (nSPS) is 24.4. The summed E-state index contributed by atoms with van der Waals surface area (Å²) in [5.74, 6) is 1.08. The number of alkyl halides is 1. The lowest BCUT2D eigenvalue weighted by Crippen LogP contribution is -2.51. The number of hydrogen-bond donors (Lipinski definition) is 0. The fourth-order valence-electron chi connectivity index (χ4n) is 2.75. The van der Waals surface area contributed by atoms with E-state index in [1.165, 1.54) is 4.31 Å². The number of halogens is 1. The third-order valence-corrected chi connectivity index (χ3v) is 6.30. The maximum Gasteiger partial charge on any atom is 0.247 e. The van der Waals surface area contributed by atoms with Crippen molar-refractivity contribution >= 4 is 21.6 Å². The highest BCUT2D eigenvalue weighted by molar-refractivity contribution is 7.89. The molecule has 0 bridgehead atoms. The molecule has 1 aromatic heterocycles. The van der Waals surface area contributed by atoms with Crippen molar-refractivity contribution < 1.29 is 17.6 Å². The molecule has 0 amide bonds. The fraction of sp³-hybridized carbons (Fsp3) is 0.714. The topological polar surface area (TPSA) is 59.8 Å². The summed E-state index contributed by atoms with van der Waals surface area (Å²) in [5, 5.41) is 0. The van der Waals surface area contributed by atoms with E-state index < -0.39 is 10.0 Å². The first-order valence-electron chi connectivity index (χ1n) is 7.11. The van der Waals surface area contributed by atoms with Crippen LogP contribution in [0.5, 0.6) is 0 Å². The van der Waals surface area contributed by atoms with Crippen LogP contribution in [0, 0.1) is 13.8 Å². The summed E-state index contributed by atoms with van der Waals surface area (Å²) in [6, 6.07) is -0.149. The van der Waals surface area contributed by atoms with Crippen molar-refractivity contribution in [3.63, 3.8) is 0 Å². The first-order chi connectivity index (χ1) is 9.82. The number of nitrogens with zero attached hydrogens (tertiary/aromatic N) is 1. The molecule has 1 aliphatic rings. The monoisotopic (exact) mass is 335 g/mol. The predicted molar refractivity (Wildman–Crippen MR) is 81.1 cm³/mol. The summed E-state index contributed by atoms with van der Waals surface area (Å²) < 4.78 is 38.7. The van der Waals surface area contributed by atoms with Gasteiger partial charge in [0.1, 0.15) is 16.4 Å². The number of furan rings is 1. The van der Waals surface area contributed by atoms with Gasteiger partial charge in [-0.3, -0.25) is 0 Å². The Balaban J connectivity index is 2.50. The number of hydrogen-bond acceptors (Lipinski definition) is 4. The van der Waals surface area contributed by atoms with Crippen LogP contribution in [0.4, 0.5) is 0 Å². The van der Waals surface area contributed by atoms with E-state index in [2.05, 4.69) is 0 Å². The van der Waals surface area contributed by atoms with Crippen LogP contribution in [-0.2, 0) is 20.6 Å². The zero-order chi connectivity index (χ0) is 15.8. The van der Waals surface area contributed by atoms with Crippen LogP contribution in [0.15, 0.2) is 9.31 Å². The highest BCUT2D eigenvalue weighted by Gasteiger charge is 2.39. The predicted octanol–water partition coefficient (Wildman–Crippen LogP) is 2.82. The molecular weight excluding hydrogens is 314 g/mol. The third-order valence-electron chi connectivity index (χ3n) is 3.91. The molecule has 0 spiro atoms. The molecule has 5 nitrogen and oxygen atoms in total. The van der Waals surface area contributed by atoms with Crippen molar-refractivity contribution in [1.29, 1.82) is 0 Å². The average molecular weight is 336 g/mol. The molecular formula is C14H22ClNO4S. The first kappa shape index (κ1) is 16.8. The lowest BCUT2D eigenvalue weighted by atomic mass is 10.2. The van der Waals surface area contributed by atoms with Gasteiger partial charge in [0.15, 0.2) is 0 Å². The van der Waals surface area contributed by atoms with E-state index in [-0.39, 0.29) is 22.9 Å². The van der Waals surface area contributed by atoms with Gasteiger partial charge in [-0.1, -0.05) is 6.92 Å². The van der Waals surface area contributed by atoms with Gasteiger partial charge in [0.2, 0.25) is 10.0 Å². The van der Waals surface area contributed by atoms with Gasteiger partial charge in [-0.15, -0.1) is 11.6 Å². The second-order valence-corrected chi connectivity index (χ2v) is 7.53. The maximum atomic E-state index is 13.1. The highest BCUT2D eigenvalue weighted by Crippen LogP contribution is 2.33. The standard InChI is InChI=1S/C14H22ClNO4S/c1-5-12-8-19-9(2)7-16(12)21(17,18)14-11(4)20-10(3)13(14)6-15/h9,12H,5-8H2,1-4H3. The zero-order valence-electron chi connectivity index (χ0n) is 12.8. The van der Waals surface area contributed by atoms with E-state index >= 15 is 0 Å². The molecule has 2 rings (SSSR count). The van der Waals surface area contributed by atoms with Crippen LogP contribution < -0.4 is 0 Å². The Hall–Kier alpha value is -0.560. The van der Waals surface area contributed by atoms with E-state index in [0.29, 0.717) is 36.7 Å². The van der Waals surface area contributed by atoms with Gasteiger partial charge in [0.05, 0.1) is 18.6 Å². The molecule has 2 atom stereocenters. The summed E-state index contributed by atoms with van der Waals surface area (Å²) >= 11 is 5.93. The van der Waals surface area contributed by atoms with Gasteiger partial charge in [-0.25, -0.2) is 8.42 Å². The molecule has 1 aliphatic heterocycles. The Bertz CT molecular complexity index is 611. The Kier molecular flexibility index (Phi) is 5.03. The van der Waals surface area contributed by atoms with Crippen molar-refractivity contribution in [2.75, 3.05) is 13.2 Å². The van der Waals surface area contributed by atoms with Crippen LogP contribution in [-0.4, -0.2) is 38.0 Å². The molecule has 1 aromatic rings. The Morgan fingerprint density at radius 1 is 1.33 bits per heavy atom. The van der Waals surface area contributed by atoms with Crippen molar-refractivity contribution in [3.05, 3.63) is 17.1 Å². The number of morpholine rings is 1. The van der Waals surface area contributed by atoms with E-state index in [1.54, 1.807) is 13.8 Å². The van der Waals surface area contributed by atoms with Crippen LogP contribution >= 0.6 is 11.6 Å². The SMILES string of the molecule is CCC1COC(C)CN1S(=O)(=O)c1c(C)oc(C)c1CCl. The number of rotatable bonds is 4. The maximum absolute atomic E-state index is 13.1. The fourth-order valence-corrected chi connectivity index (χ4v) is 5.33. The van der Waals surface area contributed by atoms with Crippen molar-refractivity contribution in [1.82, 2.24) is 4.31 Å². The minimum atomic E-state index is -3.63. The molecule has 0 aliphatic carbocycles. The second kappa shape index (κ2) is 6.28. The van der Waals surface area contributed by atoms with Crippen molar-refractivity contribution in [3.8, 4) is 0 Å². The van der Waals surface area contributed by atoms with E-state index in [4.69, 9.17) is 20.8 Å². The summed E-state index contributed by atoms with van der Waals surface area (Å²) in [6.45, 7) is 8.02. The van der Waals surface area contributed by atoms with Crippen molar-refractivity contribution in [2.45, 2.75) is 57.0 Å². The summed E-state index contributed by atoms with van der Waals surface area (Å²) in [7, 11) is -3.63. The van der Waals surface area contributed by atoms with Gasteiger partial charge in [-0.2, -0.15) is 4.31 Å². The Labute approximate surface area is 131 Å². The summed E-state index contributed by atoms with van der Waals surface area (Å²) in [6.07, 6.45) is 0.591. The number of ether oxygens (including phenoxy) is 1. The molecule has 21 heavy (non-hydrogen) atoms. The van der Waals surface area contributed by atoms with Crippen molar-refractivity contribution in [2.24, 2.45) is 0 Å². The lowest BCUT2D eigenvalue weighted by molar-refractivity contribution is -0.0230. The Morgan fingerprint density at radius 3 is 2.57 bits per heavy atom. The van der Waals surface area contributed by atoms with Crippen LogP contribution in [0.3, 0.4) is 0 Å². The van der Waals surface area contributed by atoms with E-state index in [0.717, 1.165) is 0 Å². The second-order valence-electron chi connectivity index (χ2n) is 5.44. The molecule has 1 fully saturated rings. The number of sulfonamides is 1. The minimum absolute atomic E-state index is 0.115.